The van der Waals surface area contributed by atoms with Crippen molar-refractivity contribution in [3.05, 3.63) is 23.8 Å². The number of hydrogen-bond acceptors (Lipinski definition) is 14. The van der Waals surface area contributed by atoms with Crippen molar-refractivity contribution in [1.29, 1.82) is 0 Å². The number of carboxylic acids is 3. The Morgan fingerprint density at radius 2 is 1.26 bits per heavy atom. The summed E-state index contributed by atoms with van der Waals surface area (Å²) < 4.78 is 10.7. The summed E-state index contributed by atoms with van der Waals surface area (Å²) in [5, 5.41) is 44.5. The number of benzene rings is 1. The molecule has 1 aromatic rings. The summed E-state index contributed by atoms with van der Waals surface area (Å²) in [4.78, 5) is 156. The molecular weight excluding hydrogens is 901 g/mol. The van der Waals surface area contributed by atoms with Crippen molar-refractivity contribution in [3.8, 4) is 11.5 Å². The number of Topliss-reactive ketones (excluding diaryl/α,β-unsaturated/α-hetero) is 1. The largest absolute Gasteiger partial charge is 0.481 e. The molecule has 25 heteroatoms. The first kappa shape index (κ1) is 55.0. The van der Waals surface area contributed by atoms with E-state index in [-0.39, 0.29) is 44.6 Å². The van der Waals surface area contributed by atoms with E-state index in [1.54, 1.807) is 34.6 Å². The predicted octanol–water partition coefficient (Wildman–Crippen LogP) is -1.83. The van der Waals surface area contributed by atoms with Crippen LogP contribution in [0.3, 0.4) is 0 Å². The van der Waals surface area contributed by atoms with E-state index in [1.165, 1.54) is 18.2 Å². The van der Waals surface area contributed by atoms with E-state index in [0.717, 1.165) is 11.8 Å². The molecule has 1 aromatic carbocycles. The van der Waals surface area contributed by atoms with Crippen LogP contribution in [0.5, 0.6) is 11.5 Å². The zero-order chi connectivity index (χ0) is 51.0. The van der Waals surface area contributed by atoms with E-state index in [2.05, 4.69) is 31.9 Å². The molecule has 2 heterocycles. The van der Waals surface area contributed by atoms with Gasteiger partial charge in [0.1, 0.15) is 36.8 Å². The Kier molecular flexibility index (Phi) is 20.7. The minimum absolute atomic E-state index is 0.0511. The van der Waals surface area contributed by atoms with Gasteiger partial charge in [-0.2, -0.15) is 0 Å². The predicted molar refractivity (Wildman–Crippen MR) is 233 cm³/mol. The van der Waals surface area contributed by atoms with Crippen LogP contribution >= 0.6 is 0 Å². The van der Waals surface area contributed by atoms with Crippen LogP contribution in [0.1, 0.15) is 96.8 Å². The van der Waals surface area contributed by atoms with Gasteiger partial charge in [0.25, 0.3) is 11.8 Å². The molecule has 68 heavy (non-hydrogen) atoms. The fourth-order valence-corrected chi connectivity index (χ4v) is 7.28. The van der Waals surface area contributed by atoms with Crippen molar-refractivity contribution in [3.63, 3.8) is 0 Å². The number of carbonyl (C=O) groups excluding carboxylic acids is 9. The van der Waals surface area contributed by atoms with Gasteiger partial charge in [0.05, 0.1) is 6.04 Å². The molecule has 2 aliphatic rings. The Morgan fingerprint density at radius 1 is 0.691 bits per heavy atom. The van der Waals surface area contributed by atoms with Crippen molar-refractivity contribution in [2.75, 3.05) is 19.9 Å². The number of carboxylic acid groups (broad SMARTS) is 3. The lowest BCUT2D eigenvalue weighted by molar-refractivity contribution is -0.145. The van der Waals surface area contributed by atoms with Gasteiger partial charge in [-0.25, -0.2) is 0 Å². The third-order valence-electron chi connectivity index (χ3n) is 10.8. The summed E-state index contributed by atoms with van der Waals surface area (Å²) in [5.74, 6) is -13.1. The Bertz CT molecular complexity index is 2110. The number of nitrogens with zero attached hydrogens (tertiary/aromatic N) is 1. The van der Waals surface area contributed by atoms with E-state index in [1.807, 2.05) is 5.32 Å². The molecule has 10 N–H and O–H groups in total. The van der Waals surface area contributed by atoms with Crippen LogP contribution in [-0.4, -0.2) is 153 Å². The average molecular weight is 961 g/mol. The van der Waals surface area contributed by atoms with Crippen molar-refractivity contribution in [2.45, 2.75) is 129 Å². The van der Waals surface area contributed by atoms with Crippen molar-refractivity contribution in [2.24, 2.45) is 11.8 Å². The smallest absolute Gasteiger partial charge is 0.322 e. The van der Waals surface area contributed by atoms with Crippen LogP contribution in [0.15, 0.2) is 18.2 Å². The van der Waals surface area contributed by atoms with Gasteiger partial charge in [-0.05, 0) is 55.7 Å². The van der Waals surface area contributed by atoms with Gasteiger partial charge < -0.3 is 66.9 Å². The maximum absolute atomic E-state index is 14.6. The summed E-state index contributed by atoms with van der Waals surface area (Å²) in [6.45, 7) is 7.78. The lowest BCUT2D eigenvalue weighted by Crippen LogP contribution is -2.61. The van der Waals surface area contributed by atoms with Gasteiger partial charge in [-0.15, -0.1) is 0 Å². The molecule has 3 rings (SSSR count). The SMILES string of the molecule is CCC[C@H](NC(=O)[C@@H]1C[C@@H](NC(=O)c2ccc3c(c2)OCO3)CN1C(=O)[C@@H](NC(=O)[C@@H](NC(=O)[C@H](CCC(=O)O)NC(=O)[C@H](CCC(=O)O)NC(C)=O)C(C)C)C(C)C)C(=O)C(=O)NCC(=O)O. The molecule has 7 atom stereocenters. The molecule has 2 aliphatic heterocycles. The number of nitrogens with one attached hydrogen (secondary N) is 7. The van der Waals surface area contributed by atoms with E-state index in [9.17, 15) is 62.6 Å². The third kappa shape index (κ3) is 16.2. The van der Waals surface area contributed by atoms with Gasteiger partial charge in [0, 0.05) is 37.9 Å². The normalized spacial score (nSPS) is 17.1. The zero-order valence-electron chi connectivity index (χ0n) is 38.5. The molecule has 8 amide bonds. The Hall–Kier alpha value is -7.34. The van der Waals surface area contributed by atoms with Gasteiger partial charge in [0.2, 0.25) is 48.0 Å². The molecule has 0 saturated carbocycles. The molecule has 0 aliphatic carbocycles. The van der Waals surface area contributed by atoms with E-state index >= 15 is 0 Å². The fourth-order valence-electron chi connectivity index (χ4n) is 7.28. The zero-order valence-corrected chi connectivity index (χ0v) is 38.5. The molecule has 0 aromatic heterocycles. The minimum atomic E-state index is -1.60. The fraction of sp³-hybridized carbons (Fsp3) is 0.581. The summed E-state index contributed by atoms with van der Waals surface area (Å²) in [7, 11) is 0. The summed E-state index contributed by atoms with van der Waals surface area (Å²) >= 11 is 0. The number of ether oxygens (including phenoxy) is 2. The second-order valence-electron chi connectivity index (χ2n) is 16.9. The molecule has 1 fully saturated rings. The van der Waals surface area contributed by atoms with Crippen molar-refractivity contribution < 1.29 is 82.3 Å². The number of carbonyl (C=O) groups is 12. The minimum Gasteiger partial charge on any atom is -0.481 e. The van der Waals surface area contributed by atoms with E-state index in [0.29, 0.717) is 11.5 Å². The number of ketones is 1. The van der Waals surface area contributed by atoms with Gasteiger partial charge in [-0.1, -0.05) is 41.0 Å². The third-order valence-corrected chi connectivity index (χ3v) is 10.8. The van der Waals surface area contributed by atoms with Crippen LogP contribution in [0, 0.1) is 11.8 Å². The monoisotopic (exact) mass is 960 g/mol. The van der Waals surface area contributed by atoms with Crippen molar-refractivity contribution in [1.82, 2.24) is 42.1 Å². The Balaban J connectivity index is 1.92. The van der Waals surface area contributed by atoms with Crippen LogP contribution in [0.25, 0.3) is 0 Å². The Morgan fingerprint density at radius 3 is 1.82 bits per heavy atom. The highest BCUT2D eigenvalue weighted by Gasteiger charge is 2.45. The summed E-state index contributed by atoms with van der Waals surface area (Å²) in [6, 6.07) is -5.17. The molecule has 374 valence electrons. The maximum atomic E-state index is 14.6. The number of rotatable bonds is 26. The number of aliphatic carboxylic acids is 3. The van der Waals surface area contributed by atoms with Crippen LogP contribution in [0.2, 0.25) is 0 Å². The second kappa shape index (κ2) is 25.5. The topological polar surface area (TPSA) is 371 Å². The molecule has 25 nitrogen and oxygen atoms in total. The first-order valence-corrected chi connectivity index (χ1v) is 21.9. The quantitative estimate of drug-likeness (QED) is 0.0457. The lowest BCUT2D eigenvalue weighted by Gasteiger charge is -2.33. The highest BCUT2D eigenvalue weighted by atomic mass is 16.7. The number of likely N-dealkylation sites (tertiary alicyclic amines) is 1. The molecule has 0 unspecified atom stereocenters. The molecule has 0 bridgehead atoms. The second-order valence-corrected chi connectivity index (χ2v) is 16.9. The standard InChI is InChI=1S/C43H60N8O17/c1-7-8-25(36(59)42(65)44-17-33(57)58)47-40(63)28-16-24(46-37(60)23-9-12-29-30(15-23)68-19-67-29)18-51(28)43(66)35(21(4)5)50-41(64)34(20(2)3)49-39(62)27(11-14-32(55)56)48-38(61)26(45-22(6)52)10-13-31(53)54/h9,12,15,20-21,24-28,34-35H,7-8,10-11,13-14,16-19H2,1-6H3,(H,44,65)(H,45,52)(H,46,60)(H,47,63)(H,48,61)(H,49,62)(H,50,64)(H,53,54)(H,55,56)(H,57,58)/t24-,25+,26+,27+,28+,34+,35+/m1/s1. The maximum Gasteiger partial charge on any atom is 0.322 e. The van der Waals surface area contributed by atoms with Crippen molar-refractivity contribution >= 4 is 70.9 Å². The highest BCUT2D eigenvalue weighted by molar-refractivity contribution is 6.38. The summed E-state index contributed by atoms with van der Waals surface area (Å²) in [5.41, 5.74) is 0.158. The van der Waals surface area contributed by atoms with Crippen LogP contribution in [0.4, 0.5) is 0 Å². The molecule has 0 spiro atoms. The van der Waals surface area contributed by atoms with E-state index < -0.39 is 151 Å². The van der Waals surface area contributed by atoms with Gasteiger partial charge in [-0.3, -0.25) is 57.5 Å². The number of hydrogen-bond donors (Lipinski definition) is 10. The molecular formula is C43H60N8O17. The highest BCUT2D eigenvalue weighted by Crippen LogP contribution is 2.32. The van der Waals surface area contributed by atoms with Gasteiger partial charge in [0.15, 0.2) is 11.5 Å². The van der Waals surface area contributed by atoms with Crippen LogP contribution in [-0.2, 0) is 52.7 Å². The van der Waals surface area contributed by atoms with Crippen LogP contribution < -0.4 is 46.7 Å². The summed E-state index contributed by atoms with van der Waals surface area (Å²) in [6.07, 6.45) is -2.00. The lowest BCUT2D eigenvalue weighted by atomic mass is 9.98. The number of amides is 8. The first-order chi connectivity index (χ1) is 31.9. The molecule has 1 saturated heterocycles. The van der Waals surface area contributed by atoms with E-state index in [4.69, 9.17) is 19.7 Å². The Labute approximate surface area is 390 Å². The number of fused-ring (bicyclic) bond motifs is 1. The molecule has 0 radical (unpaired) electrons. The first-order valence-electron chi connectivity index (χ1n) is 21.9. The van der Waals surface area contributed by atoms with Gasteiger partial charge >= 0.3 is 17.9 Å². The average Bonchev–Trinajstić information content (AvgIpc) is 3.92.